The number of aliphatic imine (C=N–C) groups is 1. The van der Waals surface area contributed by atoms with Crippen molar-refractivity contribution in [3.63, 3.8) is 0 Å². The average molecular weight is 469 g/mol. The number of carbonyl (C=O) groups excluding carboxylic acids is 2. The van der Waals surface area contributed by atoms with E-state index in [1.54, 1.807) is 12.1 Å². The molecule has 0 unspecified atom stereocenters. The Kier molecular flexibility index (Phi) is 11.4. The lowest BCUT2D eigenvalue weighted by Crippen LogP contribution is -2.52. The molecule has 2 N–H and O–H groups in total. The summed E-state index contributed by atoms with van der Waals surface area (Å²) >= 11 is 0. The van der Waals surface area contributed by atoms with Gasteiger partial charge in [0.15, 0.2) is 28.4 Å². The van der Waals surface area contributed by atoms with E-state index in [0.717, 1.165) is 0 Å². The third kappa shape index (κ3) is 12.7. The number of nitriles is 2. The fourth-order valence-corrected chi connectivity index (χ4v) is 4.47. The largest absolute Gasteiger partial charge is 0.463 e. The molecule has 0 saturated carbocycles. The van der Waals surface area contributed by atoms with Crippen molar-refractivity contribution in [2.45, 2.75) is 71.4 Å². The van der Waals surface area contributed by atoms with E-state index in [9.17, 15) is 14.9 Å². The van der Waals surface area contributed by atoms with Crippen molar-refractivity contribution in [1.29, 1.82) is 10.5 Å². The fraction of sp³-hybridized carbons (Fsp3) is 0.632. The molecule has 0 radical (unpaired) electrons. The van der Waals surface area contributed by atoms with Gasteiger partial charge in [-0.15, -0.1) is 0 Å². The number of ether oxygens (including phenoxy) is 2. The lowest BCUT2D eigenvalue weighted by Gasteiger charge is -2.36. The molecule has 0 saturated heterocycles. The van der Waals surface area contributed by atoms with Crippen LogP contribution in [0.1, 0.15) is 13.8 Å². The van der Waals surface area contributed by atoms with Crippen LogP contribution in [0.5, 0.6) is 0 Å². The predicted octanol–water partition coefficient (Wildman–Crippen LogP) is 2.21. The van der Waals surface area contributed by atoms with Crippen molar-refractivity contribution in [3.8, 4) is 12.1 Å². The number of rotatable bonds is 11. The van der Waals surface area contributed by atoms with Gasteiger partial charge in [0, 0.05) is 20.1 Å². The Morgan fingerprint density at radius 2 is 1.55 bits per heavy atom. The molecule has 0 aliphatic rings. The lowest BCUT2D eigenvalue weighted by molar-refractivity contribution is -0.161. The van der Waals surface area contributed by atoms with Crippen molar-refractivity contribution < 1.29 is 27.9 Å². The summed E-state index contributed by atoms with van der Waals surface area (Å²) in [6, 6.07) is 3.41. The van der Waals surface area contributed by atoms with E-state index in [0.29, 0.717) is 0 Å². The maximum absolute atomic E-state index is 11.9. The van der Waals surface area contributed by atoms with E-state index < -0.39 is 46.9 Å². The zero-order chi connectivity index (χ0) is 24.4. The Morgan fingerprint density at radius 1 is 1.00 bits per heavy atom. The molecule has 3 atom stereocenters. The van der Waals surface area contributed by atoms with Gasteiger partial charge >= 0.3 is 11.9 Å². The molecule has 0 heterocycles. The summed E-state index contributed by atoms with van der Waals surface area (Å²) in [5, 5.41) is 18.2. The van der Waals surface area contributed by atoms with Crippen LogP contribution in [0.2, 0.25) is 39.3 Å². The molecule has 0 spiro atoms. The standard InChI is InChI=1S/C19H32N4O6Si2/c1-13(24)26-12-18(29-31(6,7)8)19(27-14(2)25)17(28-30(3,4)5)11-23-16(10-21)15(22)9-20/h11,17-19H,12,22H2,1-8H3/b16-15-,23-11?/t17-,18-,19-/m0/s1. The molecule has 0 aliphatic carbocycles. The smallest absolute Gasteiger partial charge is 0.303 e. The van der Waals surface area contributed by atoms with Crippen LogP contribution >= 0.6 is 0 Å². The highest BCUT2D eigenvalue weighted by molar-refractivity contribution is 6.70. The molecule has 12 heteroatoms. The van der Waals surface area contributed by atoms with Gasteiger partial charge in [-0.1, -0.05) is 0 Å². The van der Waals surface area contributed by atoms with Gasteiger partial charge in [-0.25, -0.2) is 4.99 Å². The van der Waals surface area contributed by atoms with Crippen LogP contribution in [0.25, 0.3) is 0 Å². The fourth-order valence-electron chi connectivity index (χ4n) is 2.35. The second-order valence-electron chi connectivity index (χ2n) is 8.60. The summed E-state index contributed by atoms with van der Waals surface area (Å²) in [6.07, 6.45) is -1.54. The molecule has 0 fully saturated rings. The summed E-state index contributed by atoms with van der Waals surface area (Å²) in [6.45, 7) is 13.9. The van der Waals surface area contributed by atoms with Crippen molar-refractivity contribution in [2.24, 2.45) is 10.7 Å². The van der Waals surface area contributed by atoms with E-state index in [1.807, 2.05) is 39.3 Å². The van der Waals surface area contributed by atoms with Gasteiger partial charge in [0.05, 0.1) is 0 Å². The molecular weight excluding hydrogens is 436 g/mol. The van der Waals surface area contributed by atoms with E-state index in [1.165, 1.54) is 20.1 Å². The third-order valence-electron chi connectivity index (χ3n) is 3.27. The highest BCUT2D eigenvalue weighted by atomic mass is 28.4. The number of nitrogens with two attached hydrogens (primary N) is 1. The first-order valence-corrected chi connectivity index (χ1v) is 16.4. The highest BCUT2D eigenvalue weighted by Crippen LogP contribution is 2.21. The van der Waals surface area contributed by atoms with Crippen LogP contribution in [0.15, 0.2) is 16.4 Å². The summed E-state index contributed by atoms with van der Waals surface area (Å²) < 4.78 is 23.0. The SMILES string of the molecule is CC(=O)OC[C@H](O[Si](C)(C)C)[C@@H](OC(C)=O)[C@H](C=N/C(C#N)=C(\N)C#N)O[Si](C)(C)C. The number of carbonyl (C=O) groups is 2. The van der Waals surface area contributed by atoms with Gasteiger partial charge in [0.25, 0.3) is 0 Å². The highest BCUT2D eigenvalue weighted by Gasteiger charge is 2.39. The van der Waals surface area contributed by atoms with E-state index in [2.05, 4.69) is 4.99 Å². The lowest BCUT2D eigenvalue weighted by atomic mass is 10.1. The number of nitrogens with zero attached hydrogens (tertiary/aromatic N) is 3. The third-order valence-corrected chi connectivity index (χ3v) is 5.26. The van der Waals surface area contributed by atoms with Gasteiger partial charge in [0.1, 0.15) is 36.7 Å². The van der Waals surface area contributed by atoms with Crippen molar-refractivity contribution in [2.75, 3.05) is 6.61 Å². The molecule has 0 aromatic rings. The van der Waals surface area contributed by atoms with Gasteiger partial charge in [-0.05, 0) is 39.3 Å². The first-order chi connectivity index (χ1) is 14.1. The summed E-state index contributed by atoms with van der Waals surface area (Å²) in [5.41, 5.74) is 4.86. The first kappa shape index (κ1) is 28.5. The molecule has 0 aliphatic heterocycles. The topological polar surface area (TPSA) is 157 Å². The summed E-state index contributed by atoms with van der Waals surface area (Å²) in [5.74, 6) is -1.11. The quantitative estimate of drug-likeness (QED) is 0.208. The van der Waals surface area contributed by atoms with Crippen LogP contribution in [0.4, 0.5) is 0 Å². The number of allylic oxidation sites excluding steroid dienone is 2. The van der Waals surface area contributed by atoms with Gasteiger partial charge in [-0.3, -0.25) is 9.59 Å². The van der Waals surface area contributed by atoms with Crippen LogP contribution < -0.4 is 5.73 Å². The Balaban J connectivity index is 6.39. The molecule has 0 aromatic heterocycles. The Labute approximate surface area is 185 Å². The molecule has 10 nitrogen and oxygen atoms in total. The Bertz CT molecular complexity index is 787. The summed E-state index contributed by atoms with van der Waals surface area (Å²) in [4.78, 5) is 27.3. The second-order valence-corrected chi connectivity index (χ2v) is 17.5. The number of hydrogen-bond acceptors (Lipinski definition) is 10. The first-order valence-electron chi connectivity index (χ1n) is 9.60. The monoisotopic (exact) mass is 468 g/mol. The molecule has 0 aromatic carbocycles. The van der Waals surface area contributed by atoms with Crippen LogP contribution in [0.3, 0.4) is 0 Å². The van der Waals surface area contributed by atoms with E-state index in [-0.39, 0.29) is 18.0 Å². The zero-order valence-corrected chi connectivity index (χ0v) is 21.4. The van der Waals surface area contributed by atoms with Crippen LogP contribution in [-0.4, -0.2) is 59.7 Å². The van der Waals surface area contributed by atoms with Crippen LogP contribution in [-0.2, 0) is 27.9 Å². The average Bonchev–Trinajstić information content (AvgIpc) is 2.60. The summed E-state index contributed by atoms with van der Waals surface area (Å²) in [7, 11) is -4.41. The molecule has 0 rings (SSSR count). The molecular formula is C19H32N4O6Si2. The maximum Gasteiger partial charge on any atom is 0.303 e. The molecule has 0 amide bonds. The minimum atomic E-state index is -2.23. The van der Waals surface area contributed by atoms with Crippen LogP contribution in [0, 0.1) is 22.7 Å². The Hall–Kier alpha value is -2.52. The minimum Gasteiger partial charge on any atom is -0.463 e. The Morgan fingerprint density at radius 3 is 1.94 bits per heavy atom. The minimum absolute atomic E-state index is 0.168. The van der Waals surface area contributed by atoms with Gasteiger partial charge in [-0.2, -0.15) is 10.5 Å². The zero-order valence-electron chi connectivity index (χ0n) is 19.4. The van der Waals surface area contributed by atoms with E-state index in [4.69, 9.17) is 29.3 Å². The molecule has 172 valence electrons. The van der Waals surface area contributed by atoms with E-state index >= 15 is 0 Å². The number of hydrogen-bond donors (Lipinski definition) is 1. The van der Waals surface area contributed by atoms with Crippen molar-refractivity contribution >= 4 is 34.8 Å². The molecule has 31 heavy (non-hydrogen) atoms. The van der Waals surface area contributed by atoms with Crippen molar-refractivity contribution in [3.05, 3.63) is 11.4 Å². The maximum atomic E-state index is 11.9. The normalized spacial score (nSPS) is 15.8. The number of esters is 2. The molecule has 0 bridgehead atoms. The van der Waals surface area contributed by atoms with Crippen molar-refractivity contribution in [1.82, 2.24) is 0 Å². The van der Waals surface area contributed by atoms with Gasteiger partial charge in [0.2, 0.25) is 0 Å². The second kappa shape index (κ2) is 12.4. The predicted molar refractivity (Wildman–Crippen MR) is 120 cm³/mol. The van der Waals surface area contributed by atoms with Gasteiger partial charge < -0.3 is 24.1 Å².